The monoisotopic (exact) mass is 310 g/mol. The van der Waals surface area contributed by atoms with Crippen LogP contribution < -0.4 is 10.2 Å². The summed E-state index contributed by atoms with van der Waals surface area (Å²) >= 11 is 0. The van der Waals surface area contributed by atoms with Crippen LogP contribution in [0.3, 0.4) is 0 Å². The van der Waals surface area contributed by atoms with Crippen molar-refractivity contribution in [3.8, 4) is 0 Å². The normalized spacial score (nSPS) is 28.6. The summed E-state index contributed by atoms with van der Waals surface area (Å²) in [5, 5.41) is 24.2. The number of nitrogens with zero attached hydrogens (tertiary/aromatic N) is 1. The first kappa shape index (κ1) is 13.9. The second-order valence-corrected chi connectivity index (χ2v) is 5.86. The lowest BCUT2D eigenvalue weighted by Crippen LogP contribution is -2.59. The number of ketones is 1. The molecule has 2 aromatic rings. The van der Waals surface area contributed by atoms with E-state index in [-0.39, 0.29) is 11.1 Å². The number of carbonyl (C=O) groups excluding carboxylic acids is 2. The zero-order valence-electron chi connectivity index (χ0n) is 12.3. The number of hydrogen-bond acceptors (Lipinski definition) is 4. The van der Waals surface area contributed by atoms with Crippen LogP contribution in [0.5, 0.6) is 0 Å². The van der Waals surface area contributed by atoms with Gasteiger partial charge in [-0.3, -0.25) is 15.0 Å². The molecule has 1 aliphatic heterocycles. The van der Waals surface area contributed by atoms with Crippen molar-refractivity contribution in [3.05, 3.63) is 65.2 Å². The minimum atomic E-state index is -2.40. The molecule has 2 aliphatic rings. The van der Waals surface area contributed by atoms with Gasteiger partial charge in [0.05, 0.1) is 0 Å². The van der Waals surface area contributed by atoms with Gasteiger partial charge < -0.3 is 10.2 Å². The van der Waals surface area contributed by atoms with Gasteiger partial charge in [-0.1, -0.05) is 42.0 Å². The van der Waals surface area contributed by atoms with Crippen LogP contribution in [0.15, 0.2) is 48.5 Å². The number of urea groups is 1. The van der Waals surface area contributed by atoms with E-state index in [0.717, 1.165) is 10.5 Å². The molecule has 2 atom stereocenters. The summed E-state index contributed by atoms with van der Waals surface area (Å²) in [5.41, 5.74) is -2.83. The SMILES string of the molecule is Cc1ccc(N2C(=O)N[C@]3(O)C(=O)c4ccccc4[C@]23O)cc1. The molecule has 0 unspecified atom stereocenters. The van der Waals surface area contributed by atoms with Gasteiger partial charge in [0, 0.05) is 16.8 Å². The molecule has 2 aromatic carbocycles. The molecular formula is C17H14N2O4. The van der Waals surface area contributed by atoms with E-state index in [1.54, 1.807) is 36.4 Å². The van der Waals surface area contributed by atoms with Crippen molar-refractivity contribution in [3.63, 3.8) is 0 Å². The van der Waals surface area contributed by atoms with Gasteiger partial charge in [-0.15, -0.1) is 0 Å². The van der Waals surface area contributed by atoms with E-state index >= 15 is 0 Å². The molecule has 6 heteroatoms. The Kier molecular flexibility index (Phi) is 2.53. The number of rotatable bonds is 1. The lowest BCUT2D eigenvalue weighted by atomic mass is 9.98. The summed E-state index contributed by atoms with van der Waals surface area (Å²) < 4.78 is 0. The van der Waals surface area contributed by atoms with Gasteiger partial charge in [-0.25, -0.2) is 4.79 Å². The third-order valence-electron chi connectivity index (χ3n) is 4.49. The van der Waals surface area contributed by atoms with Crippen LogP contribution in [0.4, 0.5) is 10.5 Å². The van der Waals surface area contributed by atoms with Crippen LogP contribution in [0.2, 0.25) is 0 Å². The van der Waals surface area contributed by atoms with Gasteiger partial charge >= 0.3 is 6.03 Å². The summed E-state index contributed by atoms with van der Waals surface area (Å²) in [5.74, 6) is -0.724. The van der Waals surface area contributed by atoms with Crippen molar-refractivity contribution in [2.75, 3.05) is 4.90 Å². The van der Waals surface area contributed by atoms with Gasteiger partial charge in [-0.05, 0) is 19.1 Å². The molecule has 0 bridgehead atoms. The molecule has 3 N–H and O–H groups in total. The van der Waals surface area contributed by atoms with E-state index in [1.165, 1.54) is 12.1 Å². The fourth-order valence-electron chi connectivity index (χ4n) is 3.31. The summed E-state index contributed by atoms with van der Waals surface area (Å²) in [4.78, 5) is 25.9. The molecule has 4 rings (SSSR count). The summed E-state index contributed by atoms with van der Waals surface area (Å²) in [6.45, 7) is 1.90. The highest BCUT2D eigenvalue weighted by Crippen LogP contribution is 2.50. The molecule has 0 radical (unpaired) electrons. The molecule has 1 saturated heterocycles. The van der Waals surface area contributed by atoms with E-state index in [0.29, 0.717) is 5.69 Å². The predicted octanol–water partition coefficient (Wildman–Crippen LogP) is 1.25. The number of benzene rings is 2. The number of aliphatic hydroxyl groups is 2. The molecule has 2 amide bonds. The lowest BCUT2D eigenvalue weighted by molar-refractivity contribution is -0.109. The Bertz CT molecular complexity index is 848. The van der Waals surface area contributed by atoms with Crippen molar-refractivity contribution >= 4 is 17.5 Å². The van der Waals surface area contributed by atoms with E-state index in [4.69, 9.17) is 0 Å². The summed E-state index contributed by atoms with van der Waals surface area (Å²) in [6.07, 6.45) is 0. The van der Waals surface area contributed by atoms with E-state index in [9.17, 15) is 19.8 Å². The first-order valence-corrected chi connectivity index (χ1v) is 7.17. The second-order valence-electron chi connectivity index (χ2n) is 5.86. The smallest absolute Gasteiger partial charge is 0.327 e. The fourth-order valence-corrected chi connectivity index (χ4v) is 3.31. The maximum absolute atomic E-state index is 12.5. The van der Waals surface area contributed by atoms with Crippen molar-refractivity contribution in [1.82, 2.24) is 5.32 Å². The Morgan fingerprint density at radius 3 is 2.35 bits per heavy atom. The molecule has 0 saturated carbocycles. The van der Waals surface area contributed by atoms with Crippen molar-refractivity contribution in [2.45, 2.75) is 18.4 Å². The van der Waals surface area contributed by atoms with Crippen LogP contribution in [0, 0.1) is 6.92 Å². The van der Waals surface area contributed by atoms with Crippen LogP contribution in [-0.2, 0) is 5.72 Å². The number of anilines is 1. The van der Waals surface area contributed by atoms with Gasteiger partial charge in [0.15, 0.2) is 0 Å². The minimum Gasteiger partial charge on any atom is -0.362 e. The number of carbonyl (C=O) groups is 2. The molecule has 1 aliphatic carbocycles. The van der Waals surface area contributed by atoms with Gasteiger partial charge in [0.1, 0.15) is 0 Å². The number of nitrogens with one attached hydrogen (secondary N) is 1. The highest BCUT2D eigenvalue weighted by molar-refractivity contribution is 6.15. The third kappa shape index (κ3) is 1.49. The first-order valence-electron chi connectivity index (χ1n) is 7.17. The number of aryl methyl sites for hydroxylation is 1. The van der Waals surface area contributed by atoms with E-state index < -0.39 is 23.3 Å². The Hall–Kier alpha value is -2.70. The largest absolute Gasteiger partial charge is 0.362 e. The lowest BCUT2D eigenvalue weighted by Gasteiger charge is -2.35. The minimum absolute atomic E-state index is 0.189. The van der Waals surface area contributed by atoms with Crippen molar-refractivity contribution in [2.24, 2.45) is 0 Å². The number of hydrogen-bond donors (Lipinski definition) is 3. The Morgan fingerprint density at radius 2 is 1.65 bits per heavy atom. The standard InChI is InChI=1S/C17H14N2O4/c1-10-6-8-11(9-7-10)19-15(21)18-16(22)14(20)12-4-2-3-5-13(12)17(16,19)23/h2-9,22-23H,1H3,(H,18,21)/t16-,17+/m0/s1. The van der Waals surface area contributed by atoms with Gasteiger partial charge in [0.2, 0.25) is 11.5 Å². The number of fused-ring (bicyclic) bond motifs is 3. The van der Waals surface area contributed by atoms with Crippen LogP contribution >= 0.6 is 0 Å². The summed E-state index contributed by atoms with van der Waals surface area (Å²) in [7, 11) is 0. The molecule has 116 valence electrons. The first-order chi connectivity index (χ1) is 10.9. The van der Waals surface area contributed by atoms with Gasteiger partial charge in [0.25, 0.3) is 5.72 Å². The molecule has 1 heterocycles. The summed E-state index contributed by atoms with van der Waals surface area (Å²) in [6, 6.07) is 12.5. The molecule has 6 nitrogen and oxygen atoms in total. The number of Topliss-reactive ketones (excluding diaryl/α,β-unsaturated/α-hetero) is 1. The average molecular weight is 310 g/mol. The maximum atomic E-state index is 12.5. The highest BCUT2D eigenvalue weighted by atomic mass is 16.4. The topological polar surface area (TPSA) is 89.9 Å². The highest BCUT2D eigenvalue weighted by Gasteiger charge is 2.72. The van der Waals surface area contributed by atoms with Crippen molar-refractivity contribution in [1.29, 1.82) is 0 Å². The van der Waals surface area contributed by atoms with Crippen LogP contribution in [0.25, 0.3) is 0 Å². The molecule has 23 heavy (non-hydrogen) atoms. The fraction of sp³-hybridized carbons (Fsp3) is 0.176. The third-order valence-corrected chi connectivity index (χ3v) is 4.49. The quantitative estimate of drug-likeness (QED) is 0.739. The Labute approximate surface area is 132 Å². The Morgan fingerprint density at radius 1 is 1.00 bits per heavy atom. The molecule has 0 spiro atoms. The number of amides is 2. The van der Waals surface area contributed by atoms with E-state index in [1.807, 2.05) is 6.92 Å². The maximum Gasteiger partial charge on any atom is 0.327 e. The Balaban J connectivity index is 1.98. The molecule has 0 aromatic heterocycles. The zero-order valence-corrected chi connectivity index (χ0v) is 12.3. The molecule has 1 fully saturated rings. The van der Waals surface area contributed by atoms with E-state index in [2.05, 4.69) is 5.32 Å². The average Bonchev–Trinajstić information content (AvgIpc) is 2.84. The van der Waals surface area contributed by atoms with Crippen molar-refractivity contribution < 1.29 is 19.8 Å². The van der Waals surface area contributed by atoms with Crippen LogP contribution in [-0.4, -0.2) is 27.8 Å². The van der Waals surface area contributed by atoms with Crippen LogP contribution in [0.1, 0.15) is 21.5 Å². The van der Waals surface area contributed by atoms with Gasteiger partial charge in [-0.2, -0.15) is 0 Å². The molecular weight excluding hydrogens is 296 g/mol. The second kappa shape index (κ2) is 4.18. The predicted molar refractivity (Wildman–Crippen MR) is 81.8 cm³/mol. The zero-order chi connectivity index (χ0) is 16.4.